The molecule has 1 aromatic carbocycles. The average molecular weight is 351 g/mol. The van der Waals surface area contributed by atoms with E-state index in [4.69, 9.17) is 5.73 Å². The standard InChI is InChI=1S/C16H21N3O4S/c1-16(2)9(15(22)23)11-12(24-16)13(18-11)19-14(21)10(17)7-3-5-8(20)6-4-7/h3-6,9-13,18,20H,17H2,1-2H3,(H,19,21)(H,22,23)/t9-,10?,11?,12-,13-/m0/s1. The molecular weight excluding hydrogens is 330 g/mol. The van der Waals surface area contributed by atoms with Crippen molar-refractivity contribution in [2.45, 2.75) is 42.1 Å². The molecule has 0 radical (unpaired) electrons. The van der Waals surface area contributed by atoms with Crippen LogP contribution in [-0.4, -0.2) is 44.3 Å². The summed E-state index contributed by atoms with van der Waals surface area (Å²) in [6.07, 6.45) is -0.292. The van der Waals surface area contributed by atoms with E-state index in [0.29, 0.717) is 5.56 Å². The zero-order valence-corrected chi connectivity index (χ0v) is 14.2. The summed E-state index contributed by atoms with van der Waals surface area (Å²) < 4.78 is -0.396. The molecule has 2 saturated heterocycles. The Morgan fingerprint density at radius 3 is 2.54 bits per heavy atom. The predicted octanol–water partition coefficient (Wildman–Crippen LogP) is 0.401. The second kappa shape index (κ2) is 5.94. The fraction of sp³-hybridized carbons (Fsp3) is 0.500. The molecule has 130 valence electrons. The van der Waals surface area contributed by atoms with Crippen LogP contribution in [0.3, 0.4) is 0 Å². The van der Waals surface area contributed by atoms with Crippen molar-refractivity contribution in [1.29, 1.82) is 0 Å². The van der Waals surface area contributed by atoms with E-state index in [-0.39, 0.29) is 29.1 Å². The maximum atomic E-state index is 12.3. The van der Waals surface area contributed by atoms with Crippen LogP contribution in [0, 0.1) is 5.92 Å². The number of thioether (sulfide) groups is 1. The highest BCUT2D eigenvalue weighted by Crippen LogP contribution is 2.52. The van der Waals surface area contributed by atoms with Crippen LogP contribution in [0.5, 0.6) is 5.75 Å². The molecule has 2 heterocycles. The number of amides is 1. The number of rotatable bonds is 4. The topological polar surface area (TPSA) is 125 Å². The molecule has 3 rings (SSSR count). The van der Waals surface area contributed by atoms with Gasteiger partial charge in [-0.1, -0.05) is 12.1 Å². The van der Waals surface area contributed by atoms with Crippen LogP contribution >= 0.6 is 11.8 Å². The highest BCUT2D eigenvalue weighted by atomic mass is 32.2. The van der Waals surface area contributed by atoms with Gasteiger partial charge in [0.15, 0.2) is 0 Å². The zero-order valence-electron chi connectivity index (χ0n) is 13.4. The van der Waals surface area contributed by atoms with Gasteiger partial charge >= 0.3 is 5.97 Å². The molecule has 2 aliphatic rings. The second-order valence-electron chi connectivity index (χ2n) is 6.75. The number of carboxylic acids is 1. The minimum atomic E-state index is -0.846. The van der Waals surface area contributed by atoms with Gasteiger partial charge in [-0.3, -0.25) is 14.9 Å². The number of phenolic OH excluding ortho intramolecular Hbond substituents is 1. The number of aliphatic carboxylic acids is 1. The first-order chi connectivity index (χ1) is 11.2. The summed E-state index contributed by atoms with van der Waals surface area (Å²) >= 11 is 1.58. The van der Waals surface area contributed by atoms with Crippen LogP contribution in [0.4, 0.5) is 0 Å². The van der Waals surface area contributed by atoms with Gasteiger partial charge in [-0.25, -0.2) is 0 Å². The van der Waals surface area contributed by atoms with E-state index in [1.807, 2.05) is 13.8 Å². The van der Waals surface area contributed by atoms with Gasteiger partial charge in [-0.15, -0.1) is 11.8 Å². The summed E-state index contributed by atoms with van der Waals surface area (Å²) in [6.45, 7) is 3.83. The Kier molecular flexibility index (Phi) is 4.23. The quantitative estimate of drug-likeness (QED) is 0.532. The number of benzene rings is 1. The first-order valence-corrected chi connectivity index (χ1v) is 8.60. The highest BCUT2D eigenvalue weighted by molar-refractivity contribution is 8.01. The molecule has 1 amide bonds. The fourth-order valence-corrected chi connectivity index (χ4v) is 5.18. The second-order valence-corrected chi connectivity index (χ2v) is 8.58. The minimum Gasteiger partial charge on any atom is -0.508 e. The molecule has 7 nitrogen and oxygen atoms in total. The summed E-state index contributed by atoms with van der Waals surface area (Å²) in [4.78, 5) is 23.8. The molecule has 1 aromatic rings. The number of nitrogens with two attached hydrogens (primary N) is 1. The maximum absolute atomic E-state index is 12.3. The molecule has 5 atom stereocenters. The van der Waals surface area contributed by atoms with Gasteiger partial charge in [-0.2, -0.15) is 0 Å². The molecule has 2 fully saturated rings. The van der Waals surface area contributed by atoms with Crippen LogP contribution in [0.1, 0.15) is 25.5 Å². The first-order valence-electron chi connectivity index (χ1n) is 7.72. The number of nitrogens with one attached hydrogen (secondary N) is 2. The molecule has 0 spiro atoms. The lowest BCUT2D eigenvalue weighted by Crippen LogP contribution is -2.71. The highest BCUT2D eigenvalue weighted by Gasteiger charge is 2.61. The number of hydrogen-bond acceptors (Lipinski definition) is 6. The number of carboxylic acid groups (broad SMARTS) is 1. The largest absolute Gasteiger partial charge is 0.508 e. The summed E-state index contributed by atoms with van der Waals surface area (Å²) in [7, 11) is 0. The fourth-order valence-electron chi connectivity index (χ4n) is 3.42. The summed E-state index contributed by atoms with van der Waals surface area (Å²) in [6, 6.07) is 5.16. The van der Waals surface area contributed by atoms with Crippen LogP contribution in [0.15, 0.2) is 24.3 Å². The van der Waals surface area contributed by atoms with Gasteiger partial charge in [0.25, 0.3) is 0 Å². The predicted molar refractivity (Wildman–Crippen MR) is 90.5 cm³/mol. The van der Waals surface area contributed by atoms with E-state index in [2.05, 4.69) is 10.6 Å². The van der Waals surface area contributed by atoms with Gasteiger partial charge < -0.3 is 21.3 Å². The Morgan fingerprint density at radius 2 is 1.96 bits per heavy atom. The van der Waals surface area contributed by atoms with Gasteiger partial charge in [0.05, 0.1) is 17.3 Å². The Labute approximate surface area is 144 Å². The Bertz CT molecular complexity index is 664. The number of hydrogen-bond donors (Lipinski definition) is 5. The van der Waals surface area contributed by atoms with Crippen molar-refractivity contribution in [2.75, 3.05) is 0 Å². The molecule has 0 aromatic heterocycles. The molecule has 6 N–H and O–H groups in total. The van der Waals surface area contributed by atoms with Crippen LogP contribution in [0.25, 0.3) is 0 Å². The SMILES string of the molecule is CC1(C)S[C@H]2C(N[C@H]2NC(=O)C(N)c2ccc(O)cc2)[C@H]1C(=O)O. The van der Waals surface area contributed by atoms with E-state index in [0.717, 1.165) is 0 Å². The lowest BCUT2D eigenvalue weighted by Gasteiger charge is -2.43. The maximum Gasteiger partial charge on any atom is 0.309 e. The molecule has 0 bridgehead atoms. The zero-order chi connectivity index (χ0) is 17.6. The van der Waals surface area contributed by atoms with Crippen molar-refractivity contribution in [3.05, 3.63) is 29.8 Å². The summed E-state index contributed by atoms with van der Waals surface area (Å²) in [5, 5.41) is 24.7. The summed E-state index contributed by atoms with van der Waals surface area (Å²) in [5.41, 5.74) is 6.56. The number of phenols is 1. The Balaban J connectivity index is 1.63. The number of fused-ring (bicyclic) bond motifs is 1. The van der Waals surface area contributed by atoms with Gasteiger partial charge in [0, 0.05) is 10.8 Å². The van der Waals surface area contributed by atoms with E-state index >= 15 is 0 Å². The van der Waals surface area contributed by atoms with Crippen LogP contribution < -0.4 is 16.4 Å². The summed E-state index contributed by atoms with van der Waals surface area (Å²) in [5.74, 6) is -1.54. The van der Waals surface area contributed by atoms with Gasteiger partial charge in [-0.05, 0) is 31.5 Å². The third-order valence-electron chi connectivity index (χ3n) is 4.70. The van der Waals surface area contributed by atoms with Crippen molar-refractivity contribution in [2.24, 2.45) is 11.7 Å². The molecular formula is C16H21N3O4S. The van der Waals surface area contributed by atoms with Crippen molar-refractivity contribution in [3.63, 3.8) is 0 Å². The van der Waals surface area contributed by atoms with Crippen molar-refractivity contribution in [1.82, 2.24) is 10.6 Å². The van der Waals surface area contributed by atoms with Crippen molar-refractivity contribution < 1.29 is 19.8 Å². The normalized spacial score (nSPS) is 31.6. The van der Waals surface area contributed by atoms with E-state index < -0.39 is 22.7 Å². The first kappa shape index (κ1) is 17.1. The molecule has 0 saturated carbocycles. The van der Waals surface area contributed by atoms with E-state index in [9.17, 15) is 19.8 Å². The molecule has 24 heavy (non-hydrogen) atoms. The van der Waals surface area contributed by atoms with E-state index in [1.165, 1.54) is 12.1 Å². The molecule has 2 unspecified atom stereocenters. The lowest BCUT2D eigenvalue weighted by molar-refractivity contribution is -0.144. The number of aromatic hydroxyl groups is 1. The van der Waals surface area contributed by atoms with Gasteiger partial charge in [0.2, 0.25) is 5.91 Å². The monoisotopic (exact) mass is 351 g/mol. The molecule has 2 aliphatic heterocycles. The lowest BCUT2D eigenvalue weighted by atomic mass is 9.82. The molecule has 0 aliphatic carbocycles. The number of carbonyl (C=O) groups is 2. The Hall–Kier alpha value is -1.77. The van der Waals surface area contributed by atoms with Crippen molar-refractivity contribution in [3.8, 4) is 5.75 Å². The van der Waals surface area contributed by atoms with Crippen LogP contribution in [-0.2, 0) is 9.59 Å². The third kappa shape index (κ3) is 2.85. The Morgan fingerprint density at radius 1 is 1.33 bits per heavy atom. The van der Waals surface area contributed by atoms with Gasteiger partial charge in [0.1, 0.15) is 11.8 Å². The average Bonchev–Trinajstić information content (AvgIpc) is 2.72. The van der Waals surface area contributed by atoms with Crippen LogP contribution in [0.2, 0.25) is 0 Å². The molecule has 8 heteroatoms. The van der Waals surface area contributed by atoms with E-state index in [1.54, 1.807) is 23.9 Å². The third-order valence-corrected chi connectivity index (χ3v) is 6.40. The number of carbonyl (C=O) groups excluding carboxylic acids is 1. The van der Waals surface area contributed by atoms with Crippen molar-refractivity contribution >= 4 is 23.6 Å². The smallest absolute Gasteiger partial charge is 0.309 e. The minimum absolute atomic E-state index is 0.0112.